The normalized spacial score (nSPS) is 25.4. The maximum Gasteiger partial charge on any atom is 0.309 e. The van der Waals surface area contributed by atoms with Gasteiger partial charge in [-0.3, -0.25) is 4.79 Å². The molecule has 3 nitrogen and oxygen atoms in total. The van der Waals surface area contributed by atoms with Crippen LogP contribution in [0.5, 0.6) is 0 Å². The standard InChI is InChI=1S/C13H21NO2/c1-2-16-13(15)11-5-7-12(8-6-11)14-9-3-4-10-14/h7,11H,2-6,8-10H2,1H3. The van der Waals surface area contributed by atoms with E-state index in [1.807, 2.05) is 6.92 Å². The molecule has 1 atom stereocenters. The first-order chi connectivity index (χ1) is 7.81. The van der Waals surface area contributed by atoms with Crippen LogP contribution in [0.4, 0.5) is 0 Å². The second-order valence-electron chi connectivity index (χ2n) is 4.61. The van der Waals surface area contributed by atoms with Crippen LogP contribution >= 0.6 is 0 Å². The Morgan fingerprint density at radius 2 is 2.25 bits per heavy atom. The Bertz CT molecular complexity index is 280. The van der Waals surface area contributed by atoms with Crippen LogP contribution in [0.25, 0.3) is 0 Å². The molecule has 16 heavy (non-hydrogen) atoms. The molecule has 1 fully saturated rings. The quantitative estimate of drug-likeness (QED) is 0.688. The first kappa shape index (κ1) is 11.5. The van der Waals surface area contributed by atoms with E-state index in [1.54, 1.807) is 0 Å². The van der Waals surface area contributed by atoms with Crippen LogP contribution in [-0.4, -0.2) is 30.6 Å². The summed E-state index contributed by atoms with van der Waals surface area (Å²) in [4.78, 5) is 14.0. The maximum absolute atomic E-state index is 11.6. The van der Waals surface area contributed by atoms with Gasteiger partial charge >= 0.3 is 5.97 Å². The van der Waals surface area contributed by atoms with Gasteiger partial charge in [0, 0.05) is 18.8 Å². The van der Waals surface area contributed by atoms with Crippen molar-refractivity contribution in [1.29, 1.82) is 0 Å². The van der Waals surface area contributed by atoms with Gasteiger partial charge in [0.25, 0.3) is 0 Å². The van der Waals surface area contributed by atoms with Crippen molar-refractivity contribution < 1.29 is 9.53 Å². The lowest BCUT2D eigenvalue weighted by atomic mass is 9.92. The van der Waals surface area contributed by atoms with E-state index >= 15 is 0 Å². The summed E-state index contributed by atoms with van der Waals surface area (Å²) in [6, 6.07) is 0. The summed E-state index contributed by atoms with van der Waals surface area (Å²) >= 11 is 0. The van der Waals surface area contributed by atoms with Crippen LogP contribution in [-0.2, 0) is 9.53 Å². The minimum absolute atomic E-state index is 0.0146. The first-order valence-corrected chi connectivity index (χ1v) is 6.42. The number of likely N-dealkylation sites (tertiary alicyclic amines) is 1. The number of carbonyl (C=O) groups excluding carboxylic acids is 1. The van der Waals surface area contributed by atoms with Crippen LogP contribution in [0.15, 0.2) is 11.8 Å². The Labute approximate surface area is 97.5 Å². The van der Waals surface area contributed by atoms with Gasteiger partial charge in [-0.1, -0.05) is 6.08 Å². The van der Waals surface area contributed by atoms with Crippen molar-refractivity contribution in [3.8, 4) is 0 Å². The number of hydrogen-bond donors (Lipinski definition) is 0. The largest absolute Gasteiger partial charge is 0.466 e. The molecule has 0 radical (unpaired) electrons. The molecule has 1 saturated heterocycles. The number of allylic oxidation sites excluding steroid dienone is 2. The van der Waals surface area contributed by atoms with E-state index < -0.39 is 0 Å². The van der Waals surface area contributed by atoms with Crippen LogP contribution in [0.3, 0.4) is 0 Å². The fourth-order valence-corrected chi connectivity index (χ4v) is 2.59. The Morgan fingerprint density at radius 3 is 2.81 bits per heavy atom. The van der Waals surface area contributed by atoms with E-state index in [-0.39, 0.29) is 11.9 Å². The summed E-state index contributed by atoms with van der Waals surface area (Å²) in [5.41, 5.74) is 1.46. The zero-order valence-electron chi connectivity index (χ0n) is 10.1. The SMILES string of the molecule is CCOC(=O)C1CC=C(N2CCCC2)CC1. The van der Waals surface area contributed by atoms with Gasteiger partial charge in [0.1, 0.15) is 0 Å². The van der Waals surface area contributed by atoms with E-state index in [0.29, 0.717) is 6.61 Å². The minimum atomic E-state index is -0.0146. The topological polar surface area (TPSA) is 29.5 Å². The van der Waals surface area contributed by atoms with Gasteiger partial charge in [-0.05, 0) is 39.0 Å². The summed E-state index contributed by atoms with van der Waals surface area (Å²) in [7, 11) is 0. The second kappa shape index (κ2) is 5.37. The number of rotatable bonds is 3. The highest BCUT2D eigenvalue weighted by molar-refractivity contribution is 5.72. The van der Waals surface area contributed by atoms with E-state index in [4.69, 9.17) is 4.74 Å². The molecule has 3 heteroatoms. The van der Waals surface area contributed by atoms with Gasteiger partial charge in [-0.2, -0.15) is 0 Å². The molecular formula is C13H21NO2. The molecule has 0 aromatic carbocycles. The minimum Gasteiger partial charge on any atom is -0.466 e. The molecule has 1 unspecified atom stereocenters. The van der Waals surface area contributed by atoms with Crippen molar-refractivity contribution >= 4 is 5.97 Å². The molecule has 0 spiro atoms. The highest BCUT2D eigenvalue weighted by Gasteiger charge is 2.25. The molecule has 90 valence electrons. The molecular weight excluding hydrogens is 202 g/mol. The zero-order chi connectivity index (χ0) is 11.4. The van der Waals surface area contributed by atoms with E-state index in [0.717, 1.165) is 19.3 Å². The zero-order valence-corrected chi connectivity index (χ0v) is 10.1. The number of ether oxygens (including phenoxy) is 1. The Kier molecular flexibility index (Phi) is 3.86. The van der Waals surface area contributed by atoms with Gasteiger partial charge in [0.2, 0.25) is 0 Å². The molecule has 1 heterocycles. The molecule has 2 aliphatic rings. The maximum atomic E-state index is 11.6. The monoisotopic (exact) mass is 223 g/mol. The predicted octanol–water partition coefficient (Wildman–Crippen LogP) is 2.33. The molecule has 0 aromatic heterocycles. The summed E-state index contributed by atoms with van der Waals surface area (Å²) in [6.07, 6.45) is 7.75. The smallest absolute Gasteiger partial charge is 0.309 e. The third-order valence-corrected chi connectivity index (χ3v) is 3.52. The van der Waals surface area contributed by atoms with E-state index in [9.17, 15) is 4.79 Å². The van der Waals surface area contributed by atoms with Crippen molar-refractivity contribution in [3.63, 3.8) is 0 Å². The molecule has 0 bridgehead atoms. The predicted molar refractivity (Wildman–Crippen MR) is 62.9 cm³/mol. The average molecular weight is 223 g/mol. The van der Waals surface area contributed by atoms with Gasteiger partial charge < -0.3 is 9.64 Å². The number of hydrogen-bond acceptors (Lipinski definition) is 3. The first-order valence-electron chi connectivity index (χ1n) is 6.42. The lowest BCUT2D eigenvalue weighted by Gasteiger charge is -2.27. The average Bonchev–Trinajstić information content (AvgIpc) is 2.83. The summed E-state index contributed by atoms with van der Waals surface area (Å²) < 4.78 is 5.06. The van der Waals surface area contributed by atoms with Gasteiger partial charge in [-0.15, -0.1) is 0 Å². The molecule has 0 aromatic rings. The van der Waals surface area contributed by atoms with Crippen molar-refractivity contribution in [2.24, 2.45) is 5.92 Å². The lowest BCUT2D eigenvalue weighted by Crippen LogP contribution is -2.25. The van der Waals surface area contributed by atoms with Gasteiger partial charge in [0.05, 0.1) is 12.5 Å². The fourth-order valence-electron chi connectivity index (χ4n) is 2.59. The summed E-state index contributed by atoms with van der Waals surface area (Å²) in [6.45, 7) is 4.77. The van der Waals surface area contributed by atoms with Crippen LogP contribution < -0.4 is 0 Å². The van der Waals surface area contributed by atoms with Crippen LogP contribution in [0.2, 0.25) is 0 Å². The fraction of sp³-hybridized carbons (Fsp3) is 0.769. The van der Waals surface area contributed by atoms with Crippen molar-refractivity contribution in [2.45, 2.75) is 39.0 Å². The second-order valence-corrected chi connectivity index (χ2v) is 4.61. The molecule has 0 saturated carbocycles. The Hall–Kier alpha value is -0.990. The Morgan fingerprint density at radius 1 is 1.50 bits per heavy atom. The summed E-state index contributed by atoms with van der Waals surface area (Å²) in [5, 5.41) is 0. The van der Waals surface area contributed by atoms with Crippen LogP contribution in [0.1, 0.15) is 39.0 Å². The molecule has 2 rings (SSSR count). The van der Waals surface area contributed by atoms with Gasteiger partial charge in [0.15, 0.2) is 0 Å². The lowest BCUT2D eigenvalue weighted by molar-refractivity contribution is -0.148. The van der Waals surface area contributed by atoms with Crippen molar-refractivity contribution in [3.05, 3.63) is 11.8 Å². The third kappa shape index (κ3) is 2.57. The highest BCUT2D eigenvalue weighted by atomic mass is 16.5. The third-order valence-electron chi connectivity index (χ3n) is 3.52. The van der Waals surface area contributed by atoms with E-state index in [1.165, 1.54) is 31.6 Å². The van der Waals surface area contributed by atoms with Crippen molar-refractivity contribution in [1.82, 2.24) is 4.90 Å². The number of carbonyl (C=O) groups is 1. The molecule has 1 aliphatic carbocycles. The Balaban J connectivity index is 1.86. The number of nitrogens with zero attached hydrogens (tertiary/aromatic N) is 1. The van der Waals surface area contributed by atoms with Crippen LogP contribution in [0, 0.1) is 5.92 Å². The molecule has 0 N–H and O–H groups in total. The molecule has 1 aliphatic heterocycles. The molecule has 0 amide bonds. The van der Waals surface area contributed by atoms with Crippen molar-refractivity contribution in [2.75, 3.05) is 19.7 Å². The number of esters is 1. The highest BCUT2D eigenvalue weighted by Crippen LogP contribution is 2.28. The summed E-state index contributed by atoms with van der Waals surface area (Å²) in [5.74, 6) is 0.0884. The van der Waals surface area contributed by atoms with E-state index in [2.05, 4.69) is 11.0 Å². The van der Waals surface area contributed by atoms with Gasteiger partial charge in [-0.25, -0.2) is 0 Å².